The maximum absolute atomic E-state index is 12.6. The average molecular weight is 541 g/mol. The van der Waals surface area contributed by atoms with Crippen molar-refractivity contribution in [2.45, 2.75) is 57.7 Å². The molecule has 1 N–H and O–H groups in total. The lowest BCUT2D eigenvalue weighted by Gasteiger charge is -2.32. The molecule has 3 heterocycles. The zero-order valence-electron chi connectivity index (χ0n) is 22.6. The minimum Gasteiger partial charge on any atom is -0.494 e. The van der Waals surface area contributed by atoms with E-state index in [1.165, 1.54) is 19.3 Å². The van der Waals surface area contributed by atoms with Crippen LogP contribution in [0.2, 0.25) is 0 Å². The number of carbonyl (C=O) groups is 1. The lowest BCUT2D eigenvalue weighted by Crippen LogP contribution is -2.35. The van der Waals surface area contributed by atoms with E-state index < -0.39 is 5.60 Å². The molecule has 9 heteroatoms. The Morgan fingerprint density at radius 2 is 1.97 bits per heavy atom. The van der Waals surface area contributed by atoms with Crippen LogP contribution in [-0.4, -0.2) is 71.4 Å². The van der Waals surface area contributed by atoms with E-state index in [0.29, 0.717) is 32.5 Å². The smallest absolute Gasteiger partial charge is 0.227 e. The fourth-order valence-corrected chi connectivity index (χ4v) is 6.41. The van der Waals surface area contributed by atoms with Crippen molar-refractivity contribution in [3.63, 3.8) is 0 Å². The van der Waals surface area contributed by atoms with Crippen LogP contribution in [-0.2, 0) is 22.6 Å². The Bertz CT molecular complexity index is 1100. The Labute approximate surface area is 228 Å². The highest BCUT2D eigenvalue weighted by atomic mass is 31.0. The molecule has 0 bridgehead atoms. The molecule has 1 aliphatic carbocycles. The molecule has 5 rings (SSSR count). The van der Waals surface area contributed by atoms with Crippen LogP contribution in [0.3, 0.4) is 0 Å². The number of ether oxygens (including phenoxy) is 2. The summed E-state index contributed by atoms with van der Waals surface area (Å²) in [6, 6.07) is 5.98. The first kappa shape index (κ1) is 27.3. The Hall–Kier alpha value is -2.28. The molecule has 1 aromatic carbocycles. The first-order chi connectivity index (χ1) is 18.3. The van der Waals surface area contributed by atoms with Crippen LogP contribution in [0.25, 0.3) is 0 Å². The number of piperidine rings is 1. The zero-order chi connectivity index (χ0) is 26.7. The van der Waals surface area contributed by atoms with Gasteiger partial charge in [0, 0.05) is 51.2 Å². The first-order valence-corrected chi connectivity index (χ1v) is 14.5. The fraction of sp³-hybridized carbons (Fsp3) is 0.621. The molecule has 2 saturated heterocycles. The standard InChI is InChI=1S/C29H41N4O4P/c1-29(35)8-11-33(19-29)27(34)14-23-3-4-24(15-26(23)38)37-12-7-22-13-25(22)21-5-9-32(10-6-21)28-30-16-20(17-31-28)18-36-2/h3-4,15-17,21-22,25,35H,5-14,18-19,38H2,1-2H3. The minimum atomic E-state index is -0.763. The maximum Gasteiger partial charge on any atom is 0.227 e. The molecule has 8 nitrogen and oxygen atoms in total. The van der Waals surface area contributed by atoms with Gasteiger partial charge in [-0.05, 0) is 79.8 Å². The van der Waals surface area contributed by atoms with Gasteiger partial charge in [-0.25, -0.2) is 9.97 Å². The van der Waals surface area contributed by atoms with E-state index in [9.17, 15) is 9.90 Å². The van der Waals surface area contributed by atoms with Gasteiger partial charge in [-0.3, -0.25) is 4.79 Å². The molecule has 38 heavy (non-hydrogen) atoms. The third-order valence-electron chi connectivity index (χ3n) is 8.43. The number of carbonyl (C=O) groups excluding carboxylic acids is 1. The van der Waals surface area contributed by atoms with Crippen LogP contribution in [0.15, 0.2) is 30.6 Å². The number of aliphatic hydroxyl groups is 1. The number of nitrogens with zero attached hydrogens (tertiary/aromatic N) is 4. The number of methoxy groups -OCH3 is 1. The first-order valence-electron chi connectivity index (χ1n) is 13.9. The third-order valence-corrected chi connectivity index (χ3v) is 8.97. The summed E-state index contributed by atoms with van der Waals surface area (Å²) in [5.41, 5.74) is 1.23. The summed E-state index contributed by atoms with van der Waals surface area (Å²) in [5.74, 6) is 4.13. The number of aromatic nitrogens is 2. The molecule has 2 aliphatic heterocycles. The van der Waals surface area contributed by atoms with Crippen molar-refractivity contribution in [3.05, 3.63) is 41.7 Å². The van der Waals surface area contributed by atoms with Crippen LogP contribution in [0.1, 0.15) is 50.2 Å². The van der Waals surface area contributed by atoms with Gasteiger partial charge in [0.1, 0.15) is 5.75 Å². The Kier molecular flexibility index (Phi) is 8.51. The van der Waals surface area contributed by atoms with Gasteiger partial charge in [0.05, 0.1) is 25.2 Å². The van der Waals surface area contributed by atoms with Crippen LogP contribution >= 0.6 is 9.24 Å². The highest BCUT2D eigenvalue weighted by Crippen LogP contribution is 2.49. The van der Waals surface area contributed by atoms with Crippen LogP contribution < -0.4 is 14.9 Å². The van der Waals surface area contributed by atoms with Crippen LogP contribution in [0, 0.1) is 17.8 Å². The molecule has 206 valence electrons. The molecule has 1 aromatic heterocycles. The molecule has 1 saturated carbocycles. The van der Waals surface area contributed by atoms with E-state index in [1.54, 1.807) is 18.9 Å². The van der Waals surface area contributed by atoms with Crippen molar-refractivity contribution in [2.75, 3.05) is 44.8 Å². The van der Waals surface area contributed by atoms with E-state index in [0.717, 1.165) is 72.0 Å². The van der Waals surface area contributed by atoms with Crippen LogP contribution in [0.5, 0.6) is 5.75 Å². The summed E-state index contributed by atoms with van der Waals surface area (Å²) in [5, 5.41) is 11.1. The average Bonchev–Trinajstić information content (AvgIpc) is 3.58. The Balaban J connectivity index is 1.01. The molecule has 2 aromatic rings. The van der Waals surface area contributed by atoms with E-state index in [-0.39, 0.29) is 5.91 Å². The van der Waals surface area contributed by atoms with Gasteiger partial charge in [-0.2, -0.15) is 0 Å². The van der Waals surface area contributed by atoms with Crippen molar-refractivity contribution in [1.29, 1.82) is 0 Å². The summed E-state index contributed by atoms with van der Waals surface area (Å²) in [7, 11) is 4.42. The normalized spacial score (nSPS) is 25.6. The number of benzene rings is 1. The number of hydrogen-bond donors (Lipinski definition) is 1. The molecule has 0 spiro atoms. The summed E-state index contributed by atoms with van der Waals surface area (Å²) >= 11 is 0. The van der Waals surface area contributed by atoms with Crippen molar-refractivity contribution < 1.29 is 19.4 Å². The SMILES string of the molecule is COCc1cnc(N2CCC(C3CC3CCOc3ccc(CC(=O)N4CCC(C)(O)C4)c(P)c3)CC2)nc1. The summed E-state index contributed by atoms with van der Waals surface area (Å²) in [4.78, 5) is 25.8. The minimum absolute atomic E-state index is 0.0678. The van der Waals surface area contributed by atoms with E-state index >= 15 is 0 Å². The van der Waals surface area contributed by atoms with Gasteiger partial charge >= 0.3 is 0 Å². The van der Waals surface area contributed by atoms with E-state index in [2.05, 4.69) is 24.1 Å². The second-order valence-corrected chi connectivity index (χ2v) is 12.2. The van der Waals surface area contributed by atoms with Crippen LogP contribution in [0.4, 0.5) is 5.95 Å². The molecular weight excluding hydrogens is 499 g/mol. The second kappa shape index (κ2) is 11.8. The van der Waals surface area contributed by atoms with Crippen molar-refractivity contribution >= 4 is 26.4 Å². The molecule has 1 amide bonds. The molecule has 4 atom stereocenters. The second-order valence-electron chi connectivity index (χ2n) is 11.5. The number of amides is 1. The third kappa shape index (κ3) is 6.83. The number of anilines is 1. The van der Waals surface area contributed by atoms with E-state index in [4.69, 9.17) is 9.47 Å². The highest BCUT2D eigenvalue weighted by Gasteiger charge is 2.43. The van der Waals surface area contributed by atoms with Gasteiger partial charge in [0.2, 0.25) is 11.9 Å². The summed E-state index contributed by atoms with van der Waals surface area (Å²) in [6.07, 6.45) is 9.54. The zero-order valence-corrected chi connectivity index (χ0v) is 23.8. The summed E-state index contributed by atoms with van der Waals surface area (Å²) < 4.78 is 11.2. The predicted molar refractivity (Wildman–Crippen MR) is 151 cm³/mol. The van der Waals surface area contributed by atoms with Gasteiger partial charge < -0.3 is 24.4 Å². The van der Waals surface area contributed by atoms with Crippen molar-refractivity contribution in [2.24, 2.45) is 17.8 Å². The molecule has 3 fully saturated rings. The predicted octanol–water partition coefficient (Wildman–Crippen LogP) is 2.97. The molecule has 3 aliphatic rings. The monoisotopic (exact) mass is 540 g/mol. The molecule has 0 radical (unpaired) electrons. The number of hydrogen-bond acceptors (Lipinski definition) is 7. The van der Waals surface area contributed by atoms with Gasteiger partial charge in [0.15, 0.2) is 0 Å². The molecule has 4 unspecified atom stereocenters. The number of rotatable bonds is 10. The maximum atomic E-state index is 12.6. The van der Waals surface area contributed by atoms with Gasteiger partial charge in [0.25, 0.3) is 0 Å². The number of β-amino-alcohol motifs (C(OH)–C–C–N with tert-alkyl or cyclic N) is 1. The Morgan fingerprint density at radius 3 is 2.63 bits per heavy atom. The fourth-order valence-electron chi connectivity index (χ4n) is 6.05. The quantitative estimate of drug-likeness (QED) is 0.464. The van der Waals surface area contributed by atoms with Gasteiger partial charge in [-0.15, -0.1) is 9.24 Å². The summed E-state index contributed by atoms with van der Waals surface area (Å²) in [6.45, 7) is 6.15. The molecular formula is C29H41N4O4P. The lowest BCUT2D eigenvalue weighted by molar-refractivity contribution is -0.130. The lowest BCUT2D eigenvalue weighted by atomic mass is 9.90. The highest BCUT2D eigenvalue weighted by molar-refractivity contribution is 7.27. The van der Waals surface area contributed by atoms with E-state index in [1.807, 2.05) is 30.6 Å². The van der Waals surface area contributed by atoms with Gasteiger partial charge in [-0.1, -0.05) is 6.07 Å². The topological polar surface area (TPSA) is 88.0 Å². The Morgan fingerprint density at radius 1 is 1.21 bits per heavy atom. The number of likely N-dealkylation sites (tertiary alicyclic amines) is 1. The van der Waals surface area contributed by atoms with Crippen molar-refractivity contribution in [3.8, 4) is 5.75 Å². The largest absolute Gasteiger partial charge is 0.494 e. The van der Waals surface area contributed by atoms with Crippen molar-refractivity contribution in [1.82, 2.24) is 14.9 Å².